The summed E-state index contributed by atoms with van der Waals surface area (Å²) in [5.41, 5.74) is 1.14. The van der Waals surface area contributed by atoms with Crippen molar-refractivity contribution in [1.29, 1.82) is 0 Å². The summed E-state index contributed by atoms with van der Waals surface area (Å²) in [5.74, 6) is -1.78. The zero-order chi connectivity index (χ0) is 20.1. The molecule has 0 spiro atoms. The summed E-state index contributed by atoms with van der Waals surface area (Å²) in [6.07, 6.45) is 0. The molecule has 28 heavy (non-hydrogen) atoms. The Hall–Kier alpha value is -3.35. The summed E-state index contributed by atoms with van der Waals surface area (Å²) < 4.78 is 26.3. The summed E-state index contributed by atoms with van der Waals surface area (Å²) in [6.45, 7) is 4.79. The molecule has 1 aromatic heterocycles. The van der Waals surface area contributed by atoms with Gasteiger partial charge >= 0.3 is 0 Å². The lowest BCUT2D eigenvalue weighted by Crippen LogP contribution is -2.31. The molecule has 0 atom stereocenters. The van der Waals surface area contributed by atoms with Crippen molar-refractivity contribution in [2.75, 3.05) is 10.2 Å². The van der Waals surface area contributed by atoms with Crippen LogP contribution in [0.25, 0.3) is 0 Å². The molecule has 0 aliphatic carbocycles. The highest BCUT2D eigenvalue weighted by atomic mass is 19.2. The molecule has 144 valence electrons. The maximum atomic E-state index is 13.3. The predicted molar refractivity (Wildman–Crippen MR) is 104 cm³/mol. The van der Waals surface area contributed by atoms with E-state index in [0.717, 1.165) is 17.7 Å². The third kappa shape index (κ3) is 4.68. The standard InChI is InChI=1S/C21H20F2N4O/c1-14(2)27(13-15-6-4-3-5-7-15)20-11-10-19(25-26-20)24-21(28)16-8-9-17(22)18(23)12-16/h3-12,14H,13H2,1-2H3,(H,24,25,28). The van der Waals surface area contributed by atoms with Gasteiger partial charge in [0.05, 0.1) is 0 Å². The van der Waals surface area contributed by atoms with Crippen molar-refractivity contribution in [3.05, 3.63) is 83.4 Å². The summed E-state index contributed by atoms with van der Waals surface area (Å²) in [7, 11) is 0. The van der Waals surface area contributed by atoms with Crippen molar-refractivity contribution in [1.82, 2.24) is 10.2 Å². The smallest absolute Gasteiger partial charge is 0.256 e. The van der Waals surface area contributed by atoms with E-state index in [9.17, 15) is 13.6 Å². The highest BCUT2D eigenvalue weighted by molar-refractivity contribution is 6.03. The van der Waals surface area contributed by atoms with Gasteiger partial charge in [0.25, 0.3) is 5.91 Å². The molecule has 0 aliphatic rings. The SMILES string of the molecule is CC(C)N(Cc1ccccc1)c1ccc(NC(=O)c2ccc(F)c(F)c2)nn1. The van der Waals surface area contributed by atoms with Crippen LogP contribution >= 0.6 is 0 Å². The number of anilines is 2. The Morgan fingerprint density at radius 1 is 1.00 bits per heavy atom. The topological polar surface area (TPSA) is 58.1 Å². The molecule has 2 aromatic carbocycles. The maximum absolute atomic E-state index is 13.3. The lowest BCUT2D eigenvalue weighted by atomic mass is 10.2. The van der Waals surface area contributed by atoms with Gasteiger partial charge in [-0.3, -0.25) is 4.79 Å². The first-order valence-corrected chi connectivity index (χ1v) is 8.84. The van der Waals surface area contributed by atoms with Crippen LogP contribution in [0.5, 0.6) is 0 Å². The Bertz CT molecular complexity index is 946. The highest BCUT2D eigenvalue weighted by Crippen LogP contribution is 2.18. The molecule has 0 radical (unpaired) electrons. The van der Waals surface area contributed by atoms with Crippen LogP contribution in [0.1, 0.15) is 29.8 Å². The fourth-order valence-electron chi connectivity index (χ4n) is 2.68. The molecule has 3 aromatic rings. The monoisotopic (exact) mass is 382 g/mol. The number of nitrogens with zero attached hydrogens (tertiary/aromatic N) is 3. The first-order valence-electron chi connectivity index (χ1n) is 8.84. The first kappa shape index (κ1) is 19.4. The molecule has 1 N–H and O–H groups in total. The lowest BCUT2D eigenvalue weighted by Gasteiger charge is -2.27. The van der Waals surface area contributed by atoms with E-state index in [0.29, 0.717) is 12.4 Å². The van der Waals surface area contributed by atoms with Crippen molar-refractivity contribution < 1.29 is 13.6 Å². The van der Waals surface area contributed by atoms with E-state index >= 15 is 0 Å². The van der Waals surface area contributed by atoms with Gasteiger partial charge in [0.1, 0.15) is 0 Å². The van der Waals surface area contributed by atoms with Gasteiger partial charge in [-0.15, -0.1) is 10.2 Å². The first-order chi connectivity index (χ1) is 13.4. The number of hydrogen-bond acceptors (Lipinski definition) is 4. The van der Waals surface area contributed by atoms with Gasteiger partial charge < -0.3 is 10.2 Å². The van der Waals surface area contributed by atoms with E-state index in [2.05, 4.69) is 34.3 Å². The fraction of sp³-hybridized carbons (Fsp3) is 0.190. The minimum Gasteiger partial charge on any atom is -0.348 e. The normalized spacial score (nSPS) is 10.8. The summed E-state index contributed by atoms with van der Waals surface area (Å²) in [5, 5.41) is 10.8. The largest absolute Gasteiger partial charge is 0.348 e. The second-order valence-corrected chi connectivity index (χ2v) is 6.57. The number of aromatic nitrogens is 2. The Labute approximate surface area is 162 Å². The molecule has 0 bridgehead atoms. The molecular weight excluding hydrogens is 362 g/mol. The third-order valence-electron chi connectivity index (χ3n) is 4.19. The molecule has 1 heterocycles. The molecule has 5 nitrogen and oxygen atoms in total. The molecule has 0 aliphatic heterocycles. The van der Waals surface area contributed by atoms with Crippen LogP contribution in [0.4, 0.5) is 20.4 Å². The minimum atomic E-state index is -1.08. The van der Waals surface area contributed by atoms with E-state index in [1.807, 2.05) is 30.3 Å². The van der Waals surface area contributed by atoms with E-state index < -0.39 is 17.5 Å². The quantitative estimate of drug-likeness (QED) is 0.686. The van der Waals surface area contributed by atoms with E-state index in [1.165, 1.54) is 6.07 Å². The molecule has 0 saturated heterocycles. The number of carbonyl (C=O) groups excluding carboxylic acids is 1. The Morgan fingerprint density at radius 3 is 2.36 bits per heavy atom. The van der Waals surface area contributed by atoms with Gasteiger partial charge in [-0.25, -0.2) is 8.78 Å². The van der Waals surface area contributed by atoms with Crippen LogP contribution in [-0.2, 0) is 6.54 Å². The van der Waals surface area contributed by atoms with Gasteiger partial charge in [-0.2, -0.15) is 0 Å². The number of hydrogen-bond donors (Lipinski definition) is 1. The summed E-state index contributed by atoms with van der Waals surface area (Å²) in [4.78, 5) is 14.3. The van der Waals surface area contributed by atoms with Crippen LogP contribution in [-0.4, -0.2) is 22.1 Å². The number of amides is 1. The van der Waals surface area contributed by atoms with E-state index in [4.69, 9.17) is 0 Å². The molecule has 7 heteroatoms. The van der Waals surface area contributed by atoms with Crippen molar-refractivity contribution in [2.24, 2.45) is 0 Å². The zero-order valence-corrected chi connectivity index (χ0v) is 15.6. The number of carbonyl (C=O) groups is 1. The summed E-state index contributed by atoms with van der Waals surface area (Å²) in [6, 6.07) is 16.5. The molecular formula is C21H20F2N4O. The summed E-state index contributed by atoms with van der Waals surface area (Å²) >= 11 is 0. The number of nitrogens with one attached hydrogen (secondary N) is 1. The van der Waals surface area contributed by atoms with E-state index in [-0.39, 0.29) is 17.4 Å². The van der Waals surface area contributed by atoms with Crippen molar-refractivity contribution >= 4 is 17.5 Å². The zero-order valence-electron chi connectivity index (χ0n) is 15.6. The number of rotatable bonds is 6. The average Bonchev–Trinajstić information content (AvgIpc) is 2.69. The Balaban J connectivity index is 1.72. The van der Waals surface area contributed by atoms with Crippen LogP contribution < -0.4 is 10.2 Å². The van der Waals surface area contributed by atoms with Crippen LogP contribution in [0.2, 0.25) is 0 Å². The van der Waals surface area contributed by atoms with Gasteiger partial charge in [0.15, 0.2) is 23.3 Å². The van der Waals surface area contributed by atoms with Gasteiger partial charge in [-0.05, 0) is 49.7 Å². The average molecular weight is 382 g/mol. The number of benzene rings is 2. The second kappa shape index (κ2) is 8.56. The third-order valence-corrected chi connectivity index (χ3v) is 4.19. The van der Waals surface area contributed by atoms with Gasteiger partial charge in [0, 0.05) is 18.2 Å². The van der Waals surface area contributed by atoms with Gasteiger partial charge in [-0.1, -0.05) is 30.3 Å². The molecule has 0 saturated carbocycles. The van der Waals surface area contributed by atoms with Gasteiger partial charge in [0.2, 0.25) is 0 Å². The Kier molecular flexibility index (Phi) is 5.93. The molecule has 3 rings (SSSR count). The lowest BCUT2D eigenvalue weighted by molar-refractivity contribution is 0.102. The van der Waals surface area contributed by atoms with Crippen molar-refractivity contribution in [2.45, 2.75) is 26.4 Å². The molecule has 0 unspecified atom stereocenters. The highest BCUT2D eigenvalue weighted by Gasteiger charge is 2.15. The van der Waals surface area contributed by atoms with Crippen molar-refractivity contribution in [3.8, 4) is 0 Å². The van der Waals surface area contributed by atoms with E-state index in [1.54, 1.807) is 12.1 Å². The van der Waals surface area contributed by atoms with Crippen molar-refractivity contribution in [3.63, 3.8) is 0 Å². The number of halogens is 2. The minimum absolute atomic E-state index is 0.00217. The second-order valence-electron chi connectivity index (χ2n) is 6.57. The predicted octanol–water partition coefficient (Wildman–Crippen LogP) is 4.42. The van der Waals surface area contributed by atoms with Crippen LogP contribution in [0.15, 0.2) is 60.7 Å². The Morgan fingerprint density at radius 2 is 1.75 bits per heavy atom. The molecule has 1 amide bonds. The maximum Gasteiger partial charge on any atom is 0.256 e. The van der Waals surface area contributed by atoms with Crippen LogP contribution in [0.3, 0.4) is 0 Å². The fourth-order valence-corrected chi connectivity index (χ4v) is 2.68. The molecule has 0 fully saturated rings. The van der Waals surface area contributed by atoms with Crippen LogP contribution in [0, 0.1) is 11.6 Å².